The van der Waals surface area contributed by atoms with Gasteiger partial charge in [0.15, 0.2) is 0 Å². The van der Waals surface area contributed by atoms with E-state index in [1.54, 1.807) is 49.4 Å². The van der Waals surface area contributed by atoms with Crippen LogP contribution in [0.15, 0.2) is 71.8 Å². The number of H-pyrrole nitrogens is 1. The maximum absolute atomic E-state index is 13.8. The first kappa shape index (κ1) is 24.9. The summed E-state index contributed by atoms with van der Waals surface area (Å²) in [5.41, 5.74) is -0.0723. The predicted molar refractivity (Wildman–Crippen MR) is 134 cm³/mol. The van der Waals surface area contributed by atoms with Crippen LogP contribution < -0.4 is 0 Å². The zero-order valence-electron chi connectivity index (χ0n) is 20.2. The van der Waals surface area contributed by atoms with E-state index in [1.165, 1.54) is 18.3 Å². The van der Waals surface area contributed by atoms with E-state index in [1.807, 2.05) is 0 Å². The number of ketones is 2. The fourth-order valence-electron chi connectivity index (χ4n) is 4.28. The molecule has 1 N–H and O–H groups in total. The Morgan fingerprint density at radius 3 is 2.29 bits per heavy atom. The van der Waals surface area contributed by atoms with Crippen molar-refractivity contribution < 1.29 is 37.1 Å². The summed E-state index contributed by atoms with van der Waals surface area (Å²) in [6.45, 7) is 1.60. The molecule has 0 atom stereocenters. The second-order valence-corrected chi connectivity index (χ2v) is 10.3. The molecule has 10 nitrogen and oxygen atoms in total. The van der Waals surface area contributed by atoms with Crippen LogP contribution in [0.4, 0.5) is 0 Å². The number of nitrogens with one attached hydrogen (secondary N) is 1. The summed E-state index contributed by atoms with van der Waals surface area (Å²) in [4.78, 5) is 54.4. The number of aromatic nitrogens is 2. The monoisotopic (exact) mass is 532 g/mol. The molecule has 0 fully saturated rings. The molecule has 2 aromatic heterocycles. The molecule has 5 rings (SSSR count). The van der Waals surface area contributed by atoms with Gasteiger partial charge in [0.1, 0.15) is 18.0 Å². The summed E-state index contributed by atoms with van der Waals surface area (Å²) in [5.74, 6) is -4.09. The van der Waals surface area contributed by atoms with Crippen molar-refractivity contribution in [2.24, 2.45) is 0 Å². The minimum atomic E-state index is -4.58. The van der Waals surface area contributed by atoms with E-state index >= 15 is 0 Å². The van der Waals surface area contributed by atoms with Crippen molar-refractivity contribution >= 4 is 33.5 Å². The van der Waals surface area contributed by atoms with E-state index in [-0.39, 0.29) is 33.9 Å². The van der Waals surface area contributed by atoms with E-state index < -0.39 is 44.9 Å². The number of fused-ring (bicyclic) bond motifs is 3. The topological polar surface area (TPSA) is 142 Å². The second-order valence-electron chi connectivity index (χ2n) is 8.54. The number of hydrogen-bond acceptors (Lipinski definition) is 8. The van der Waals surface area contributed by atoms with Gasteiger partial charge in [-0.2, -0.15) is 0 Å². The number of methoxy groups -OCH3 is 1. The van der Waals surface area contributed by atoms with Gasteiger partial charge in [0.05, 0.1) is 23.3 Å². The third-order valence-corrected chi connectivity index (χ3v) is 7.87. The molecule has 0 radical (unpaired) electrons. The van der Waals surface area contributed by atoms with Crippen LogP contribution in [0.5, 0.6) is 0 Å². The molecule has 0 saturated carbocycles. The van der Waals surface area contributed by atoms with Crippen molar-refractivity contribution in [3.8, 4) is 11.1 Å². The molecule has 0 unspecified atom stereocenters. The quantitative estimate of drug-likeness (QED) is 0.294. The lowest BCUT2D eigenvalue weighted by molar-refractivity contribution is 0.0463. The summed E-state index contributed by atoms with van der Waals surface area (Å²) in [6, 6.07) is 15.6. The number of Topliss-reactive ketones (excluding diaryl/α,β-unsaturated/α-hetero) is 2. The van der Waals surface area contributed by atoms with E-state index in [2.05, 4.69) is 4.98 Å². The van der Waals surface area contributed by atoms with Crippen LogP contribution in [0.2, 0.25) is 0 Å². The first-order chi connectivity index (χ1) is 18.1. The number of benzene rings is 2. The molecule has 1 aliphatic rings. The molecule has 11 heteroatoms. The van der Waals surface area contributed by atoms with Gasteiger partial charge in [-0.25, -0.2) is 22.0 Å². The number of ether oxygens (including phenoxy) is 2. The highest BCUT2D eigenvalue weighted by molar-refractivity contribution is 7.90. The number of rotatable bonds is 6. The zero-order chi connectivity index (χ0) is 27.2. The maximum Gasteiger partial charge on any atom is 0.356 e. The number of aryl methyl sites for hydroxylation is 1. The molecule has 2 heterocycles. The summed E-state index contributed by atoms with van der Waals surface area (Å²) in [6.07, 6.45) is 1.19. The van der Waals surface area contributed by atoms with E-state index in [9.17, 15) is 27.6 Å². The van der Waals surface area contributed by atoms with Crippen molar-refractivity contribution in [1.82, 2.24) is 8.96 Å². The molecule has 192 valence electrons. The number of nitrogens with zero attached hydrogens (tertiary/aromatic N) is 1. The lowest BCUT2D eigenvalue weighted by Gasteiger charge is -2.17. The number of carbonyl (C=O) groups is 4. The van der Waals surface area contributed by atoms with Crippen molar-refractivity contribution in [2.45, 2.75) is 18.4 Å². The molecule has 38 heavy (non-hydrogen) atoms. The van der Waals surface area contributed by atoms with Crippen LogP contribution >= 0.6 is 0 Å². The molecule has 2 aromatic carbocycles. The first-order valence-corrected chi connectivity index (χ1v) is 12.8. The van der Waals surface area contributed by atoms with Crippen molar-refractivity contribution in [3.63, 3.8) is 0 Å². The molecule has 0 saturated heterocycles. The average molecular weight is 533 g/mol. The molecule has 0 bridgehead atoms. The Hall–Kier alpha value is -4.77. The zero-order valence-corrected chi connectivity index (χ0v) is 21.0. The largest absolute Gasteiger partial charge is 0.465 e. The van der Waals surface area contributed by atoms with Crippen molar-refractivity contribution in [2.75, 3.05) is 7.11 Å². The Kier molecular flexibility index (Phi) is 6.08. The summed E-state index contributed by atoms with van der Waals surface area (Å²) < 4.78 is 38.4. The number of carbonyl (C=O) groups excluding carboxylic acids is 4. The number of esters is 2. The highest BCUT2D eigenvalue weighted by Crippen LogP contribution is 2.40. The third-order valence-electron chi connectivity index (χ3n) is 6.14. The first-order valence-electron chi connectivity index (χ1n) is 11.3. The molecule has 0 spiro atoms. The Morgan fingerprint density at radius 1 is 0.947 bits per heavy atom. The summed E-state index contributed by atoms with van der Waals surface area (Å²) in [7, 11) is -3.44. The SMILES string of the molecule is COC(=O)c1c[nH]c2c1-c1cc(C(=O)OCc3ccccc3)n(S(=O)(=O)c3ccc(C)cc3)c1C(=O)C2=O. The fraction of sp³-hybridized carbons (Fsp3) is 0.111. The standard InChI is InChI=1S/C27H20N2O8S/c1-15-8-10-17(11-9-15)38(34,35)29-20(27(33)37-14-16-6-4-3-5-7-16)12-18-21-19(26(32)36-2)13-28-22(21)24(30)25(31)23(18)29/h3-13,28H,14H2,1-2H3. The van der Waals surface area contributed by atoms with E-state index in [4.69, 9.17) is 9.47 Å². The predicted octanol–water partition coefficient (Wildman–Crippen LogP) is 3.55. The Labute approximate surface area is 216 Å². The van der Waals surface area contributed by atoms with Gasteiger partial charge < -0.3 is 14.5 Å². The van der Waals surface area contributed by atoms with Crippen LogP contribution in [0.3, 0.4) is 0 Å². The molecular formula is C27H20N2O8S. The van der Waals surface area contributed by atoms with Crippen LogP contribution in [-0.4, -0.2) is 48.0 Å². The average Bonchev–Trinajstić information content (AvgIpc) is 3.54. The van der Waals surface area contributed by atoms with Crippen LogP contribution in [0.25, 0.3) is 11.1 Å². The Bertz CT molecular complexity index is 1730. The Morgan fingerprint density at radius 2 is 1.63 bits per heavy atom. The van der Waals surface area contributed by atoms with Crippen LogP contribution in [0, 0.1) is 6.92 Å². The van der Waals surface area contributed by atoms with Crippen LogP contribution in [0.1, 0.15) is 53.0 Å². The molecule has 1 aliphatic carbocycles. The van der Waals surface area contributed by atoms with E-state index in [0.717, 1.165) is 18.7 Å². The third kappa shape index (κ3) is 3.93. The highest BCUT2D eigenvalue weighted by Gasteiger charge is 2.43. The molecule has 4 aromatic rings. The van der Waals surface area contributed by atoms with Crippen LogP contribution in [-0.2, 0) is 26.1 Å². The lowest BCUT2D eigenvalue weighted by atomic mass is 9.91. The Balaban J connectivity index is 1.74. The second kappa shape index (κ2) is 9.27. The van der Waals surface area contributed by atoms with Gasteiger partial charge in [-0.05, 0) is 30.7 Å². The van der Waals surface area contributed by atoms with Gasteiger partial charge in [-0.3, -0.25) is 9.59 Å². The van der Waals surface area contributed by atoms with Gasteiger partial charge in [0.2, 0.25) is 0 Å². The fourth-order valence-corrected chi connectivity index (χ4v) is 5.78. The van der Waals surface area contributed by atoms with Crippen molar-refractivity contribution in [1.29, 1.82) is 0 Å². The van der Waals surface area contributed by atoms with Gasteiger partial charge in [-0.1, -0.05) is 48.0 Å². The van der Waals surface area contributed by atoms with Gasteiger partial charge in [0, 0.05) is 17.3 Å². The summed E-state index contributed by atoms with van der Waals surface area (Å²) in [5, 5.41) is 0. The highest BCUT2D eigenvalue weighted by atomic mass is 32.2. The minimum Gasteiger partial charge on any atom is -0.465 e. The van der Waals surface area contributed by atoms with Crippen molar-refractivity contribution in [3.05, 3.63) is 101 Å². The van der Waals surface area contributed by atoms with Gasteiger partial charge >= 0.3 is 11.9 Å². The smallest absolute Gasteiger partial charge is 0.356 e. The van der Waals surface area contributed by atoms with Gasteiger partial charge in [-0.15, -0.1) is 0 Å². The summed E-state index contributed by atoms with van der Waals surface area (Å²) >= 11 is 0. The molecule has 0 aliphatic heterocycles. The normalized spacial score (nSPS) is 12.6. The van der Waals surface area contributed by atoms with E-state index in [0.29, 0.717) is 9.54 Å². The van der Waals surface area contributed by atoms with Gasteiger partial charge in [0.25, 0.3) is 21.6 Å². The lowest BCUT2D eigenvalue weighted by Crippen LogP contribution is -2.29. The number of aromatic amines is 1. The molecular weight excluding hydrogens is 512 g/mol. The molecule has 0 amide bonds. The minimum absolute atomic E-state index is 0.0357. The maximum atomic E-state index is 13.8. The number of hydrogen-bond donors (Lipinski definition) is 1.